The van der Waals surface area contributed by atoms with E-state index in [4.69, 9.17) is 14.6 Å². The summed E-state index contributed by atoms with van der Waals surface area (Å²) >= 11 is 1.52. The van der Waals surface area contributed by atoms with Crippen LogP contribution in [0.2, 0.25) is 0 Å². The molecule has 0 radical (unpaired) electrons. The molecule has 2 N–H and O–H groups in total. The van der Waals surface area contributed by atoms with Crippen molar-refractivity contribution in [3.63, 3.8) is 0 Å². The van der Waals surface area contributed by atoms with Crippen LogP contribution in [0.1, 0.15) is 23.0 Å². The molecule has 0 aromatic carbocycles. The molecule has 0 saturated carbocycles. The molecule has 4 nitrogen and oxygen atoms in total. The zero-order chi connectivity index (χ0) is 11.5. The number of thioether (sulfide) groups is 1. The van der Waals surface area contributed by atoms with Crippen molar-refractivity contribution < 1.29 is 8.83 Å². The van der Waals surface area contributed by atoms with Gasteiger partial charge in [0.25, 0.3) is 5.22 Å². The van der Waals surface area contributed by atoms with Gasteiger partial charge in [-0.2, -0.15) is 0 Å². The lowest BCUT2D eigenvalue weighted by Crippen LogP contribution is -1.92. The predicted octanol–water partition coefficient (Wildman–Crippen LogP) is 2.64. The van der Waals surface area contributed by atoms with E-state index in [0.29, 0.717) is 17.5 Å². The van der Waals surface area contributed by atoms with Gasteiger partial charge < -0.3 is 14.6 Å². The van der Waals surface area contributed by atoms with Gasteiger partial charge in [-0.25, -0.2) is 4.98 Å². The largest absolute Gasteiger partial charge is 0.464 e. The van der Waals surface area contributed by atoms with E-state index in [-0.39, 0.29) is 0 Å². The summed E-state index contributed by atoms with van der Waals surface area (Å²) < 4.78 is 10.9. The second kappa shape index (κ2) is 4.76. The predicted molar refractivity (Wildman–Crippen MR) is 62.1 cm³/mol. The van der Waals surface area contributed by atoms with Gasteiger partial charge in [-0.3, -0.25) is 0 Å². The van der Waals surface area contributed by atoms with Crippen molar-refractivity contribution in [2.45, 2.75) is 31.4 Å². The topological polar surface area (TPSA) is 65.2 Å². The van der Waals surface area contributed by atoms with Crippen LogP contribution >= 0.6 is 11.8 Å². The quantitative estimate of drug-likeness (QED) is 0.829. The molecule has 0 aliphatic carbocycles. The van der Waals surface area contributed by atoms with Crippen LogP contribution < -0.4 is 5.73 Å². The summed E-state index contributed by atoms with van der Waals surface area (Å²) in [6.07, 6.45) is 0. The van der Waals surface area contributed by atoms with Crippen LogP contribution in [0.3, 0.4) is 0 Å². The summed E-state index contributed by atoms with van der Waals surface area (Å²) in [5, 5.41) is 0.681. The molecule has 2 heterocycles. The molecule has 0 amide bonds. The minimum atomic E-state index is 0.432. The molecule has 2 aromatic rings. The fourth-order valence-corrected chi connectivity index (χ4v) is 2.05. The third-order valence-electron chi connectivity index (χ3n) is 2.27. The van der Waals surface area contributed by atoms with Gasteiger partial charge in [-0.1, -0.05) is 11.8 Å². The normalized spacial score (nSPS) is 10.9. The molecule has 2 aromatic heterocycles. The second-order valence-corrected chi connectivity index (χ2v) is 4.41. The first-order valence-electron chi connectivity index (χ1n) is 5.03. The van der Waals surface area contributed by atoms with E-state index in [1.54, 1.807) is 0 Å². The number of nitrogens with two attached hydrogens (primary N) is 1. The number of furan rings is 1. The highest BCUT2D eigenvalue weighted by Crippen LogP contribution is 2.24. The molecule has 5 heteroatoms. The summed E-state index contributed by atoms with van der Waals surface area (Å²) in [5.41, 5.74) is 6.40. The maximum atomic E-state index is 5.48. The van der Waals surface area contributed by atoms with E-state index >= 15 is 0 Å². The number of nitrogens with zero attached hydrogens (tertiary/aromatic N) is 1. The van der Waals surface area contributed by atoms with Crippen LogP contribution in [0.4, 0.5) is 0 Å². The van der Waals surface area contributed by atoms with E-state index in [1.165, 1.54) is 11.8 Å². The summed E-state index contributed by atoms with van der Waals surface area (Å²) in [4.78, 5) is 4.28. The second-order valence-electron chi connectivity index (χ2n) is 3.48. The van der Waals surface area contributed by atoms with Crippen molar-refractivity contribution in [3.05, 3.63) is 35.1 Å². The van der Waals surface area contributed by atoms with Crippen LogP contribution in [0.25, 0.3) is 0 Å². The summed E-state index contributed by atoms with van der Waals surface area (Å²) in [5.74, 6) is 3.26. The average Bonchev–Trinajstić information content (AvgIpc) is 2.84. The van der Waals surface area contributed by atoms with E-state index in [9.17, 15) is 0 Å². The van der Waals surface area contributed by atoms with Crippen molar-refractivity contribution in [2.24, 2.45) is 5.73 Å². The minimum Gasteiger partial charge on any atom is -0.464 e. The monoisotopic (exact) mass is 238 g/mol. The third kappa shape index (κ3) is 2.48. The molecule has 0 unspecified atom stereocenters. The Morgan fingerprint density at radius 2 is 2.00 bits per heavy atom. The SMILES string of the molecule is Cc1nc(SCc2ccc(CN)o2)oc1C. The molecule has 86 valence electrons. The molecule has 2 rings (SSSR count). The van der Waals surface area contributed by atoms with Crippen LogP contribution in [0.15, 0.2) is 26.2 Å². The van der Waals surface area contributed by atoms with Gasteiger partial charge >= 0.3 is 0 Å². The Balaban J connectivity index is 1.96. The molecular weight excluding hydrogens is 224 g/mol. The Morgan fingerprint density at radius 3 is 2.56 bits per heavy atom. The Labute approximate surface area is 98.2 Å². The molecule has 0 atom stereocenters. The van der Waals surface area contributed by atoms with E-state index in [0.717, 1.165) is 23.0 Å². The van der Waals surface area contributed by atoms with Gasteiger partial charge in [-0.15, -0.1) is 0 Å². The fourth-order valence-electron chi connectivity index (χ4n) is 1.25. The van der Waals surface area contributed by atoms with Gasteiger partial charge in [0.2, 0.25) is 0 Å². The number of hydrogen-bond acceptors (Lipinski definition) is 5. The fraction of sp³-hybridized carbons (Fsp3) is 0.364. The zero-order valence-corrected chi connectivity index (χ0v) is 10.1. The van der Waals surface area contributed by atoms with Crippen molar-refractivity contribution in [3.8, 4) is 0 Å². The lowest BCUT2D eigenvalue weighted by Gasteiger charge is -1.93. The summed E-state index contributed by atoms with van der Waals surface area (Å²) in [7, 11) is 0. The first-order valence-corrected chi connectivity index (χ1v) is 6.02. The Bertz CT molecular complexity index is 457. The lowest BCUT2D eigenvalue weighted by atomic mass is 10.4. The maximum Gasteiger partial charge on any atom is 0.256 e. The first kappa shape index (κ1) is 11.3. The number of aryl methyl sites for hydroxylation is 2. The molecule has 0 aliphatic rings. The van der Waals surface area contributed by atoms with Crippen LogP contribution in [0.5, 0.6) is 0 Å². The molecule has 0 bridgehead atoms. The van der Waals surface area contributed by atoms with E-state index in [2.05, 4.69) is 4.98 Å². The first-order chi connectivity index (χ1) is 7.69. The zero-order valence-electron chi connectivity index (χ0n) is 9.32. The Kier molecular flexibility index (Phi) is 3.36. The van der Waals surface area contributed by atoms with Gasteiger partial charge in [0, 0.05) is 0 Å². The van der Waals surface area contributed by atoms with Crippen LogP contribution in [0, 0.1) is 13.8 Å². The van der Waals surface area contributed by atoms with Crippen LogP contribution in [-0.4, -0.2) is 4.98 Å². The molecule has 0 saturated heterocycles. The van der Waals surface area contributed by atoms with Gasteiger partial charge in [0.05, 0.1) is 18.0 Å². The Hall–Kier alpha value is -1.20. The molecule has 0 fully saturated rings. The summed E-state index contributed by atoms with van der Waals surface area (Å²) in [6.45, 7) is 4.27. The van der Waals surface area contributed by atoms with Crippen molar-refractivity contribution in [1.82, 2.24) is 4.98 Å². The number of oxazole rings is 1. The van der Waals surface area contributed by atoms with Gasteiger partial charge in [0.15, 0.2) is 0 Å². The third-order valence-corrected chi connectivity index (χ3v) is 3.12. The highest BCUT2D eigenvalue weighted by atomic mass is 32.2. The smallest absolute Gasteiger partial charge is 0.256 e. The number of aromatic nitrogens is 1. The van der Waals surface area contributed by atoms with E-state index < -0.39 is 0 Å². The molecule has 0 spiro atoms. The highest BCUT2D eigenvalue weighted by molar-refractivity contribution is 7.98. The van der Waals surface area contributed by atoms with Crippen molar-refractivity contribution in [1.29, 1.82) is 0 Å². The van der Waals surface area contributed by atoms with Gasteiger partial charge in [-0.05, 0) is 26.0 Å². The molecular formula is C11H14N2O2S. The van der Waals surface area contributed by atoms with Crippen molar-refractivity contribution in [2.75, 3.05) is 0 Å². The summed E-state index contributed by atoms with van der Waals surface area (Å²) in [6, 6.07) is 3.82. The molecule has 16 heavy (non-hydrogen) atoms. The average molecular weight is 238 g/mol. The highest BCUT2D eigenvalue weighted by Gasteiger charge is 2.08. The Morgan fingerprint density at radius 1 is 1.25 bits per heavy atom. The minimum absolute atomic E-state index is 0.432. The van der Waals surface area contributed by atoms with E-state index in [1.807, 2.05) is 26.0 Å². The maximum absolute atomic E-state index is 5.48. The molecule has 0 aliphatic heterocycles. The van der Waals surface area contributed by atoms with Crippen LogP contribution in [-0.2, 0) is 12.3 Å². The standard InChI is InChI=1S/C11H14N2O2S/c1-7-8(2)14-11(13-7)16-6-10-4-3-9(5-12)15-10/h3-4H,5-6,12H2,1-2H3. The van der Waals surface area contributed by atoms with Gasteiger partial charge in [0.1, 0.15) is 17.3 Å². The number of hydrogen-bond donors (Lipinski definition) is 1. The lowest BCUT2D eigenvalue weighted by molar-refractivity contribution is 0.429. The van der Waals surface area contributed by atoms with Crippen molar-refractivity contribution >= 4 is 11.8 Å². The number of rotatable bonds is 4.